The summed E-state index contributed by atoms with van der Waals surface area (Å²) in [7, 11) is 1.61. The zero-order chi connectivity index (χ0) is 16.4. The van der Waals surface area contributed by atoms with E-state index in [-0.39, 0.29) is 18.1 Å². The number of halogens is 1. The molecule has 0 atom stereocenters. The number of aromatic nitrogens is 1. The van der Waals surface area contributed by atoms with Crippen LogP contribution in [0.25, 0.3) is 11.1 Å². The lowest BCUT2D eigenvalue weighted by molar-refractivity contribution is -0.116. The Hall–Kier alpha value is -2.89. The zero-order valence-corrected chi connectivity index (χ0v) is 12.5. The second-order valence-electron chi connectivity index (χ2n) is 5.25. The van der Waals surface area contributed by atoms with Gasteiger partial charge in [0, 0.05) is 25.2 Å². The van der Waals surface area contributed by atoms with Crippen molar-refractivity contribution in [3.63, 3.8) is 0 Å². The van der Waals surface area contributed by atoms with Crippen molar-refractivity contribution < 1.29 is 13.6 Å². The summed E-state index contributed by atoms with van der Waals surface area (Å²) in [6, 6.07) is 11.4. The molecule has 0 fully saturated rings. The first-order chi connectivity index (χ1) is 11.0. The van der Waals surface area contributed by atoms with Gasteiger partial charge in [0.25, 0.3) is 0 Å². The second-order valence-corrected chi connectivity index (χ2v) is 5.25. The number of benzene rings is 2. The molecule has 1 amide bonds. The average Bonchev–Trinajstić information content (AvgIpc) is 2.81. The number of carbonyl (C=O) groups is 1. The minimum atomic E-state index is -0.456. The molecule has 1 N–H and O–H groups in total. The summed E-state index contributed by atoms with van der Waals surface area (Å²) in [5, 5.41) is 2.72. The summed E-state index contributed by atoms with van der Waals surface area (Å²) in [5.41, 5.74) is 2.10. The summed E-state index contributed by atoms with van der Waals surface area (Å²) in [6.07, 6.45) is 0.485. The van der Waals surface area contributed by atoms with Gasteiger partial charge in [0.05, 0.1) is 5.52 Å². The van der Waals surface area contributed by atoms with E-state index in [1.165, 1.54) is 10.6 Å². The summed E-state index contributed by atoms with van der Waals surface area (Å²) in [5.74, 6) is -0.998. The fraction of sp³-hybridized carbons (Fsp3) is 0.176. The fourth-order valence-corrected chi connectivity index (χ4v) is 2.38. The molecular weight excluding hydrogens is 299 g/mol. The van der Waals surface area contributed by atoms with Gasteiger partial charge in [-0.05, 0) is 30.2 Å². The normalized spacial score (nSPS) is 10.9. The molecule has 0 aliphatic heterocycles. The summed E-state index contributed by atoms with van der Waals surface area (Å²) in [6.45, 7) is 0. The third kappa shape index (κ3) is 3.15. The molecule has 0 aliphatic carbocycles. The van der Waals surface area contributed by atoms with Gasteiger partial charge < -0.3 is 9.73 Å². The van der Waals surface area contributed by atoms with Crippen molar-refractivity contribution in [1.29, 1.82) is 0 Å². The van der Waals surface area contributed by atoms with Gasteiger partial charge in [-0.3, -0.25) is 9.36 Å². The van der Waals surface area contributed by atoms with Crippen LogP contribution in [0.4, 0.5) is 10.1 Å². The predicted molar refractivity (Wildman–Crippen MR) is 84.8 cm³/mol. The topological polar surface area (TPSA) is 64.2 Å². The van der Waals surface area contributed by atoms with Crippen LogP contribution in [0.1, 0.15) is 12.0 Å². The summed E-state index contributed by atoms with van der Waals surface area (Å²) < 4.78 is 20.0. The highest BCUT2D eigenvalue weighted by Crippen LogP contribution is 2.18. The number of nitrogens with zero attached hydrogens (tertiary/aromatic N) is 1. The van der Waals surface area contributed by atoms with Crippen LogP contribution >= 0.6 is 0 Å². The fourth-order valence-electron chi connectivity index (χ4n) is 2.38. The van der Waals surface area contributed by atoms with Gasteiger partial charge in [-0.2, -0.15) is 0 Å². The number of amides is 1. The van der Waals surface area contributed by atoms with Crippen molar-refractivity contribution in [2.24, 2.45) is 7.05 Å². The molecule has 0 unspecified atom stereocenters. The van der Waals surface area contributed by atoms with E-state index < -0.39 is 5.76 Å². The molecule has 118 valence electrons. The molecule has 6 heteroatoms. The molecule has 0 saturated heterocycles. The number of oxazole rings is 1. The van der Waals surface area contributed by atoms with Gasteiger partial charge in [0.15, 0.2) is 5.58 Å². The Morgan fingerprint density at radius 1 is 1.26 bits per heavy atom. The molecule has 0 bridgehead atoms. The molecule has 2 aromatic carbocycles. The Labute approximate surface area is 131 Å². The van der Waals surface area contributed by atoms with E-state index in [1.807, 2.05) is 0 Å². The molecule has 0 saturated carbocycles. The Morgan fingerprint density at radius 2 is 2.04 bits per heavy atom. The maximum absolute atomic E-state index is 13.5. The molecule has 1 aromatic heterocycles. The second kappa shape index (κ2) is 6.08. The Balaban J connectivity index is 1.68. The van der Waals surface area contributed by atoms with Crippen LogP contribution in [-0.2, 0) is 18.3 Å². The molecule has 5 nitrogen and oxygen atoms in total. The highest BCUT2D eigenvalue weighted by atomic mass is 19.1. The maximum atomic E-state index is 13.5. The molecule has 1 heterocycles. The van der Waals surface area contributed by atoms with Crippen LogP contribution in [0.3, 0.4) is 0 Å². The first kappa shape index (κ1) is 15.0. The smallest absolute Gasteiger partial charge is 0.408 e. The number of fused-ring (bicyclic) bond motifs is 1. The van der Waals surface area contributed by atoms with Crippen molar-refractivity contribution in [2.75, 3.05) is 5.32 Å². The van der Waals surface area contributed by atoms with Gasteiger partial charge in [-0.1, -0.05) is 18.2 Å². The largest absolute Gasteiger partial charge is 0.419 e. The third-order valence-corrected chi connectivity index (χ3v) is 3.66. The molecule has 3 aromatic rings. The van der Waals surface area contributed by atoms with E-state index in [1.54, 1.807) is 43.4 Å². The standard InChI is InChI=1S/C17H15FN2O3/c1-20-14-8-7-12(10-15(14)23-17(20)22)19-16(21)9-6-11-4-2-3-5-13(11)18/h2-5,7-8,10H,6,9H2,1H3,(H,19,21). The van der Waals surface area contributed by atoms with E-state index >= 15 is 0 Å². The van der Waals surface area contributed by atoms with E-state index in [4.69, 9.17) is 4.42 Å². The lowest BCUT2D eigenvalue weighted by Gasteiger charge is -2.06. The number of hydrogen-bond acceptors (Lipinski definition) is 3. The van der Waals surface area contributed by atoms with Crippen LogP contribution in [0.5, 0.6) is 0 Å². The molecule has 0 spiro atoms. The first-order valence-corrected chi connectivity index (χ1v) is 7.17. The highest BCUT2D eigenvalue weighted by Gasteiger charge is 2.09. The van der Waals surface area contributed by atoms with Gasteiger partial charge in [0.1, 0.15) is 5.82 Å². The van der Waals surface area contributed by atoms with Gasteiger partial charge in [0.2, 0.25) is 5.91 Å². The Morgan fingerprint density at radius 3 is 2.83 bits per heavy atom. The number of rotatable bonds is 4. The number of nitrogens with one attached hydrogen (secondary N) is 1. The van der Waals surface area contributed by atoms with Crippen LogP contribution in [0, 0.1) is 5.82 Å². The average molecular weight is 314 g/mol. The number of anilines is 1. The number of hydrogen-bond donors (Lipinski definition) is 1. The third-order valence-electron chi connectivity index (χ3n) is 3.66. The van der Waals surface area contributed by atoms with Crippen molar-refractivity contribution in [1.82, 2.24) is 4.57 Å². The van der Waals surface area contributed by atoms with Crippen LogP contribution in [-0.4, -0.2) is 10.5 Å². The SMILES string of the molecule is Cn1c(=O)oc2cc(NC(=O)CCc3ccccc3F)ccc21. The van der Waals surface area contributed by atoms with E-state index in [0.717, 1.165) is 0 Å². The van der Waals surface area contributed by atoms with Crippen molar-refractivity contribution in [3.8, 4) is 0 Å². The molecule has 0 aliphatic rings. The minimum Gasteiger partial charge on any atom is -0.408 e. The summed E-state index contributed by atoms with van der Waals surface area (Å²) >= 11 is 0. The molecule has 3 rings (SSSR count). The monoisotopic (exact) mass is 314 g/mol. The number of carbonyl (C=O) groups excluding carboxylic acids is 1. The van der Waals surface area contributed by atoms with Crippen LogP contribution < -0.4 is 11.1 Å². The lowest BCUT2D eigenvalue weighted by Crippen LogP contribution is -2.12. The maximum Gasteiger partial charge on any atom is 0.419 e. The number of aryl methyl sites for hydroxylation is 2. The van der Waals surface area contributed by atoms with Crippen molar-refractivity contribution in [3.05, 3.63) is 64.4 Å². The van der Waals surface area contributed by atoms with Crippen molar-refractivity contribution >= 4 is 22.7 Å². The van der Waals surface area contributed by atoms with Gasteiger partial charge >= 0.3 is 5.76 Å². The lowest BCUT2D eigenvalue weighted by atomic mass is 10.1. The van der Waals surface area contributed by atoms with Crippen LogP contribution in [0.2, 0.25) is 0 Å². The van der Waals surface area contributed by atoms with Gasteiger partial charge in [-0.15, -0.1) is 0 Å². The van der Waals surface area contributed by atoms with Crippen molar-refractivity contribution in [2.45, 2.75) is 12.8 Å². The Bertz CT molecular complexity index is 927. The molecular formula is C17H15FN2O3. The summed E-state index contributed by atoms with van der Waals surface area (Å²) in [4.78, 5) is 23.4. The van der Waals surface area contributed by atoms with Gasteiger partial charge in [-0.25, -0.2) is 9.18 Å². The Kier molecular flexibility index (Phi) is 3.97. The van der Waals surface area contributed by atoms with E-state index in [9.17, 15) is 14.0 Å². The van der Waals surface area contributed by atoms with E-state index in [2.05, 4.69) is 5.32 Å². The molecule has 23 heavy (non-hydrogen) atoms. The predicted octanol–water partition coefficient (Wildman–Crippen LogP) is 2.84. The molecule has 0 radical (unpaired) electrons. The minimum absolute atomic E-state index is 0.164. The highest BCUT2D eigenvalue weighted by molar-refractivity contribution is 5.92. The van der Waals surface area contributed by atoms with Crippen LogP contribution in [0.15, 0.2) is 51.7 Å². The zero-order valence-electron chi connectivity index (χ0n) is 12.5. The quantitative estimate of drug-likeness (QED) is 0.805. The van der Waals surface area contributed by atoms with E-state index in [0.29, 0.717) is 28.8 Å². The first-order valence-electron chi connectivity index (χ1n) is 7.17.